The van der Waals surface area contributed by atoms with Gasteiger partial charge in [0.1, 0.15) is 0 Å². The van der Waals surface area contributed by atoms with Crippen molar-refractivity contribution in [1.82, 2.24) is 24.5 Å². The van der Waals surface area contributed by atoms with E-state index < -0.39 is 12.2 Å². The van der Waals surface area contributed by atoms with Crippen LogP contribution in [0.4, 0.5) is 21.0 Å². The topological polar surface area (TPSA) is 115 Å². The number of halogens is 1. The average Bonchev–Trinajstić information content (AvgIpc) is 3.53. The van der Waals surface area contributed by atoms with Gasteiger partial charge in [0.05, 0.1) is 22.9 Å². The Bertz CT molecular complexity index is 1410. The number of carbonyl (C=O) groups excluding carboxylic acids is 3. The molecular formula is C33H46ClN7O4S. The summed E-state index contributed by atoms with van der Waals surface area (Å²) < 4.78 is 6.06. The van der Waals surface area contributed by atoms with Crippen molar-refractivity contribution >= 4 is 52.3 Å². The summed E-state index contributed by atoms with van der Waals surface area (Å²) in [5.41, 5.74) is 9.34. The number of nitrogens with two attached hydrogens (primary N) is 1. The number of hydrogen-bond acceptors (Lipinski definition) is 8. The summed E-state index contributed by atoms with van der Waals surface area (Å²) in [5, 5.41) is 5.41. The molecule has 3 saturated heterocycles. The maximum atomic E-state index is 14.0. The van der Waals surface area contributed by atoms with Crippen LogP contribution in [0.25, 0.3) is 0 Å². The zero-order valence-corrected chi connectivity index (χ0v) is 28.5. The summed E-state index contributed by atoms with van der Waals surface area (Å²) in [6.45, 7) is 8.55. The third kappa shape index (κ3) is 7.25. The maximum Gasteiger partial charge on any atom is 0.410 e. The van der Waals surface area contributed by atoms with Crippen molar-refractivity contribution < 1.29 is 19.1 Å². The number of nitrogens with zero attached hydrogens (tertiary/aromatic N) is 5. The van der Waals surface area contributed by atoms with Crippen LogP contribution in [0, 0.1) is 0 Å². The lowest BCUT2D eigenvalue weighted by Crippen LogP contribution is -2.56. The minimum absolute atomic E-state index is 0.0296. The number of piperazine rings is 1. The van der Waals surface area contributed by atoms with Gasteiger partial charge in [0.15, 0.2) is 6.10 Å². The second-order valence-electron chi connectivity index (χ2n) is 13.0. The normalized spacial score (nSPS) is 21.2. The van der Waals surface area contributed by atoms with Gasteiger partial charge in [-0.3, -0.25) is 9.69 Å². The molecule has 5 heterocycles. The number of urea groups is 1. The number of nitrogens with one attached hydrogen (secondary N) is 1. The summed E-state index contributed by atoms with van der Waals surface area (Å²) in [7, 11) is 2.17. The Hall–Kier alpha value is -3.06. The van der Waals surface area contributed by atoms with Gasteiger partial charge in [0.25, 0.3) is 5.91 Å². The fourth-order valence-electron chi connectivity index (χ4n) is 7.25. The van der Waals surface area contributed by atoms with Gasteiger partial charge in [-0.2, -0.15) is 0 Å². The van der Waals surface area contributed by atoms with E-state index in [9.17, 15) is 14.4 Å². The molecule has 2 aromatic rings. The van der Waals surface area contributed by atoms with Gasteiger partial charge in [0, 0.05) is 62.7 Å². The Morgan fingerprint density at radius 1 is 1.02 bits per heavy atom. The summed E-state index contributed by atoms with van der Waals surface area (Å²) >= 11 is 8.11. The molecule has 0 saturated carbocycles. The smallest absolute Gasteiger partial charge is 0.410 e. The van der Waals surface area contributed by atoms with Crippen LogP contribution >= 0.6 is 22.9 Å². The monoisotopic (exact) mass is 671 g/mol. The maximum absolute atomic E-state index is 14.0. The predicted molar refractivity (Wildman–Crippen MR) is 181 cm³/mol. The van der Waals surface area contributed by atoms with E-state index in [1.54, 1.807) is 22.3 Å². The third-order valence-corrected chi connectivity index (χ3v) is 11.4. The molecule has 4 amide bonds. The van der Waals surface area contributed by atoms with Crippen LogP contribution in [0.2, 0.25) is 5.02 Å². The second kappa shape index (κ2) is 14.4. The number of carbonyl (C=O) groups is 3. The lowest BCUT2D eigenvalue weighted by molar-refractivity contribution is -0.143. The molecule has 13 heteroatoms. The molecule has 0 bridgehead atoms. The Labute approximate surface area is 280 Å². The fraction of sp³-hybridized carbons (Fsp3) is 0.606. The number of anilines is 2. The Morgan fingerprint density at radius 3 is 2.41 bits per heavy atom. The molecule has 3 fully saturated rings. The number of nitrogen functional groups attached to an aromatic ring is 1. The highest BCUT2D eigenvalue weighted by Crippen LogP contribution is 2.32. The average molecular weight is 672 g/mol. The number of rotatable bonds is 7. The predicted octanol–water partition coefficient (Wildman–Crippen LogP) is 4.34. The summed E-state index contributed by atoms with van der Waals surface area (Å²) in [6.07, 6.45) is 3.04. The number of hydrogen-bond donors (Lipinski definition) is 2. The van der Waals surface area contributed by atoms with Crippen molar-refractivity contribution in [2.45, 2.75) is 70.2 Å². The number of aryl methyl sites for hydroxylation is 1. The zero-order valence-electron chi connectivity index (χ0n) is 26.9. The molecule has 4 aliphatic heterocycles. The summed E-state index contributed by atoms with van der Waals surface area (Å²) in [5.74, 6) is -0.172. The van der Waals surface area contributed by atoms with Crippen LogP contribution in [-0.2, 0) is 28.9 Å². The van der Waals surface area contributed by atoms with Crippen LogP contribution in [0.15, 0.2) is 23.6 Å². The Balaban J connectivity index is 1.10. The number of amides is 4. The lowest BCUT2D eigenvalue weighted by atomic mass is 10.0. The Morgan fingerprint density at radius 2 is 1.72 bits per heavy atom. The van der Waals surface area contributed by atoms with Crippen LogP contribution in [-0.4, -0.2) is 120 Å². The van der Waals surface area contributed by atoms with E-state index in [0.717, 1.165) is 60.7 Å². The minimum Gasteiger partial charge on any atom is -0.436 e. The number of piperidine rings is 2. The SMILES string of the molecule is CCc1cc(C[C@@H](OC(=O)N2CCC(N3Cc4sccc4NC3=O)CC2)C(=O)N2CCN(C3CCN(C)CC3)CC2)cc(Cl)c1N. The highest BCUT2D eigenvalue weighted by atomic mass is 35.5. The van der Waals surface area contributed by atoms with Crippen LogP contribution in [0.5, 0.6) is 0 Å². The quantitative estimate of drug-likeness (QED) is 0.421. The Kier molecular flexibility index (Phi) is 10.3. The van der Waals surface area contributed by atoms with Crippen LogP contribution < -0.4 is 11.1 Å². The van der Waals surface area contributed by atoms with Gasteiger partial charge in [-0.15, -0.1) is 11.3 Å². The number of fused-ring (bicyclic) bond motifs is 1. The van der Waals surface area contributed by atoms with Crippen molar-refractivity contribution in [3.63, 3.8) is 0 Å². The number of benzene rings is 1. The number of thiophene rings is 1. The summed E-state index contributed by atoms with van der Waals surface area (Å²) in [4.78, 5) is 51.8. The molecule has 11 nitrogen and oxygen atoms in total. The van der Waals surface area contributed by atoms with E-state index in [1.807, 2.05) is 34.2 Å². The van der Waals surface area contributed by atoms with Crippen molar-refractivity contribution in [2.24, 2.45) is 0 Å². The molecule has 6 rings (SSSR count). The van der Waals surface area contributed by atoms with E-state index in [1.165, 1.54) is 0 Å². The van der Waals surface area contributed by atoms with Gasteiger partial charge >= 0.3 is 12.1 Å². The zero-order chi connectivity index (χ0) is 32.4. The van der Waals surface area contributed by atoms with Gasteiger partial charge in [-0.1, -0.05) is 24.6 Å². The standard InChI is InChI=1S/C33H46ClN7O4S/c1-3-23-18-22(19-26(34)30(23)35)20-28(31(42)39-15-13-38(14-16-39)24-4-9-37(2)10-5-24)45-33(44)40-11-6-25(7-12-40)41-21-29-27(8-17-46-29)36-32(41)43/h8,17-19,24-25,28H,3-7,9-16,20-21,35H2,1-2H3,(H,36,43)/t28-/m1/s1. The first-order valence-corrected chi connectivity index (χ1v) is 17.8. The van der Waals surface area contributed by atoms with Crippen molar-refractivity contribution in [3.05, 3.63) is 44.6 Å². The van der Waals surface area contributed by atoms with E-state index >= 15 is 0 Å². The van der Waals surface area contributed by atoms with Crippen molar-refractivity contribution in [3.8, 4) is 0 Å². The molecule has 0 aliphatic carbocycles. The van der Waals surface area contributed by atoms with Gasteiger partial charge in [0.2, 0.25) is 0 Å². The molecule has 4 aliphatic rings. The largest absolute Gasteiger partial charge is 0.436 e. The lowest BCUT2D eigenvalue weighted by Gasteiger charge is -2.43. The minimum atomic E-state index is -0.977. The molecule has 0 spiro atoms. The van der Waals surface area contributed by atoms with Crippen molar-refractivity contribution in [2.75, 3.05) is 70.5 Å². The van der Waals surface area contributed by atoms with Crippen LogP contribution in [0.3, 0.4) is 0 Å². The third-order valence-electron chi connectivity index (χ3n) is 10.2. The van der Waals surface area contributed by atoms with Gasteiger partial charge in [-0.25, -0.2) is 9.59 Å². The highest BCUT2D eigenvalue weighted by Gasteiger charge is 2.37. The molecule has 1 aromatic carbocycles. The first-order chi connectivity index (χ1) is 22.2. The highest BCUT2D eigenvalue weighted by molar-refractivity contribution is 7.10. The van der Waals surface area contributed by atoms with E-state index in [0.29, 0.717) is 68.7 Å². The molecule has 0 unspecified atom stereocenters. The molecular weight excluding hydrogens is 626 g/mol. The molecule has 3 N–H and O–H groups in total. The molecule has 250 valence electrons. The molecule has 1 atom stereocenters. The first kappa shape index (κ1) is 32.9. The molecule has 1 aromatic heterocycles. The van der Waals surface area contributed by atoms with Crippen molar-refractivity contribution in [1.29, 1.82) is 0 Å². The number of likely N-dealkylation sites (tertiary alicyclic amines) is 2. The fourth-order valence-corrected chi connectivity index (χ4v) is 8.34. The van der Waals surface area contributed by atoms with E-state index in [2.05, 4.69) is 22.2 Å². The van der Waals surface area contributed by atoms with E-state index in [4.69, 9.17) is 22.1 Å². The van der Waals surface area contributed by atoms with Gasteiger partial charge < -0.3 is 35.4 Å². The summed E-state index contributed by atoms with van der Waals surface area (Å²) in [6, 6.07) is 6.15. The number of ether oxygens (including phenoxy) is 1. The second-order valence-corrected chi connectivity index (χ2v) is 14.4. The molecule has 0 radical (unpaired) electrons. The van der Waals surface area contributed by atoms with Crippen LogP contribution in [0.1, 0.15) is 48.6 Å². The van der Waals surface area contributed by atoms with E-state index in [-0.39, 0.29) is 24.4 Å². The molecule has 46 heavy (non-hydrogen) atoms. The first-order valence-electron chi connectivity index (χ1n) is 16.6. The van der Waals surface area contributed by atoms with Gasteiger partial charge in [-0.05, 0) is 80.9 Å².